The molecule has 1 aliphatic heterocycles. The number of nitrogens with zero attached hydrogens (tertiary/aromatic N) is 1. The highest BCUT2D eigenvalue weighted by Crippen LogP contribution is 2.28. The molecule has 6 heteroatoms. The topological polar surface area (TPSA) is 70.7 Å². The smallest absolute Gasteiger partial charge is 0.223 e. The van der Waals surface area contributed by atoms with Crippen LogP contribution in [0.25, 0.3) is 0 Å². The Morgan fingerprint density at radius 3 is 2.78 bits per heavy atom. The maximum atomic E-state index is 12.4. The summed E-state index contributed by atoms with van der Waals surface area (Å²) in [6, 6.07) is 0.347. The molecule has 1 saturated carbocycles. The minimum Gasteiger partial charge on any atom is -0.383 e. The van der Waals surface area contributed by atoms with E-state index in [0.717, 1.165) is 38.3 Å². The summed E-state index contributed by atoms with van der Waals surface area (Å²) >= 11 is 0. The Kier molecular flexibility index (Phi) is 7.30. The van der Waals surface area contributed by atoms with E-state index in [1.165, 1.54) is 12.8 Å². The van der Waals surface area contributed by atoms with Crippen molar-refractivity contribution in [2.75, 3.05) is 40.4 Å². The van der Waals surface area contributed by atoms with Gasteiger partial charge in [0.1, 0.15) is 0 Å². The maximum absolute atomic E-state index is 12.4. The Morgan fingerprint density at radius 2 is 2.09 bits per heavy atom. The molecule has 0 radical (unpaired) electrons. The summed E-state index contributed by atoms with van der Waals surface area (Å²) in [6.45, 7) is 2.80. The van der Waals surface area contributed by atoms with Gasteiger partial charge in [0.15, 0.2) is 0 Å². The van der Waals surface area contributed by atoms with E-state index in [9.17, 15) is 9.59 Å². The third kappa shape index (κ3) is 6.47. The van der Waals surface area contributed by atoms with Gasteiger partial charge in [0.25, 0.3) is 0 Å². The van der Waals surface area contributed by atoms with E-state index in [0.29, 0.717) is 25.6 Å². The first-order valence-corrected chi connectivity index (χ1v) is 8.84. The summed E-state index contributed by atoms with van der Waals surface area (Å²) in [6.07, 6.45) is 5.75. The van der Waals surface area contributed by atoms with Gasteiger partial charge in [0.05, 0.1) is 6.61 Å². The average Bonchev–Trinajstić information content (AvgIpc) is 3.34. The average molecular weight is 325 g/mol. The lowest BCUT2D eigenvalue weighted by Gasteiger charge is -2.24. The number of amides is 2. The second-order valence-corrected chi connectivity index (χ2v) is 6.94. The number of carbonyl (C=O) groups is 2. The van der Waals surface area contributed by atoms with Gasteiger partial charge < -0.3 is 20.3 Å². The fourth-order valence-corrected chi connectivity index (χ4v) is 3.07. The molecule has 2 N–H and O–H groups in total. The van der Waals surface area contributed by atoms with E-state index in [2.05, 4.69) is 10.6 Å². The van der Waals surface area contributed by atoms with Crippen LogP contribution < -0.4 is 10.6 Å². The van der Waals surface area contributed by atoms with E-state index in [1.54, 1.807) is 12.0 Å². The molecule has 0 aromatic rings. The molecule has 0 spiro atoms. The molecule has 0 bridgehead atoms. The highest BCUT2D eigenvalue weighted by atomic mass is 16.5. The highest BCUT2D eigenvalue weighted by molar-refractivity contribution is 5.85. The number of likely N-dealkylation sites (N-methyl/N-ethyl adjacent to an activating group) is 1. The fraction of sp³-hybridized carbons (Fsp3) is 0.882. The highest BCUT2D eigenvalue weighted by Gasteiger charge is 2.28. The summed E-state index contributed by atoms with van der Waals surface area (Å²) in [5.74, 6) is 0.664. The predicted octanol–water partition coefficient (Wildman–Crippen LogP) is 0.766. The van der Waals surface area contributed by atoms with E-state index < -0.39 is 0 Å². The number of rotatable bonds is 7. The van der Waals surface area contributed by atoms with Crippen LogP contribution in [0.4, 0.5) is 0 Å². The summed E-state index contributed by atoms with van der Waals surface area (Å²) in [5, 5.41) is 6.47. The van der Waals surface area contributed by atoms with Crippen molar-refractivity contribution in [3.05, 3.63) is 0 Å². The molecular formula is C17H31N3O3. The molecule has 0 unspecified atom stereocenters. The van der Waals surface area contributed by atoms with Crippen LogP contribution >= 0.6 is 0 Å². The van der Waals surface area contributed by atoms with Crippen molar-refractivity contribution in [1.29, 1.82) is 0 Å². The van der Waals surface area contributed by atoms with Crippen LogP contribution in [0.3, 0.4) is 0 Å². The van der Waals surface area contributed by atoms with E-state index >= 15 is 0 Å². The quantitative estimate of drug-likeness (QED) is 0.678. The summed E-state index contributed by atoms with van der Waals surface area (Å²) in [4.78, 5) is 26.4. The van der Waals surface area contributed by atoms with Crippen molar-refractivity contribution in [2.45, 2.75) is 44.6 Å². The van der Waals surface area contributed by atoms with E-state index in [1.807, 2.05) is 7.05 Å². The molecule has 0 aromatic carbocycles. The van der Waals surface area contributed by atoms with Gasteiger partial charge in [-0.05, 0) is 38.1 Å². The van der Waals surface area contributed by atoms with Crippen molar-refractivity contribution in [3.8, 4) is 0 Å². The lowest BCUT2D eigenvalue weighted by molar-refractivity contribution is -0.135. The monoisotopic (exact) mass is 325 g/mol. The Hall–Kier alpha value is -1.14. The minimum atomic E-state index is -0.219. The summed E-state index contributed by atoms with van der Waals surface area (Å²) in [5.41, 5.74) is 0. The molecule has 1 aliphatic carbocycles. The van der Waals surface area contributed by atoms with Crippen LogP contribution in [0.1, 0.15) is 38.5 Å². The molecule has 2 aliphatic rings. The first-order chi connectivity index (χ1) is 11.1. The van der Waals surface area contributed by atoms with Crippen LogP contribution in [-0.2, 0) is 14.3 Å². The van der Waals surface area contributed by atoms with Gasteiger partial charge in [-0.1, -0.05) is 6.42 Å². The van der Waals surface area contributed by atoms with Gasteiger partial charge in [0.2, 0.25) is 11.8 Å². The van der Waals surface area contributed by atoms with Gasteiger partial charge in [-0.25, -0.2) is 0 Å². The van der Waals surface area contributed by atoms with Crippen molar-refractivity contribution < 1.29 is 14.3 Å². The molecule has 6 nitrogen and oxygen atoms in total. The van der Waals surface area contributed by atoms with Crippen molar-refractivity contribution in [3.63, 3.8) is 0 Å². The Balaban J connectivity index is 1.84. The summed E-state index contributed by atoms with van der Waals surface area (Å²) < 4.78 is 4.95. The molecule has 2 amide bonds. The zero-order chi connectivity index (χ0) is 16.7. The fourth-order valence-electron chi connectivity index (χ4n) is 3.07. The minimum absolute atomic E-state index is 0.0202. The Morgan fingerprint density at radius 1 is 1.30 bits per heavy atom. The molecule has 2 fully saturated rings. The molecule has 0 aromatic heterocycles. The molecule has 2 atom stereocenters. The standard InChI is InChI=1S/C17H31N3O3/c1-20-12-15(19-11-13-6-7-13)5-3-4-14(10-16(20)21)17(22)18-8-9-23-2/h13-15,19H,3-12H2,1-2H3,(H,18,22)/t14-,15-/m1/s1. The van der Waals surface area contributed by atoms with Crippen LogP contribution in [0.5, 0.6) is 0 Å². The molecule has 2 rings (SSSR count). The second kappa shape index (κ2) is 9.23. The van der Waals surface area contributed by atoms with Crippen LogP contribution in [0.15, 0.2) is 0 Å². The van der Waals surface area contributed by atoms with Gasteiger partial charge >= 0.3 is 0 Å². The zero-order valence-corrected chi connectivity index (χ0v) is 14.5. The van der Waals surface area contributed by atoms with E-state index in [4.69, 9.17) is 4.74 Å². The molecule has 132 valence electrons. The molecular weight excluding hydrogens is 294 g/mol. The normalized spacial score (nSPS) is 26.3. The predicted molar refractivity (Wildman–Crippen MR) is 89.0 cm³/mol. The van der Waals surface area contributed by atoms with Crippen molar-refractivity contribution in [2.24, 2.45) is 11.8 Å². The summed E-state index contributed by atoms with van der Waals surface area (Å²) in [7, 11) is 3.46. The first kappa shape index (κ1) is 18.2. The Bertz CT molecular complexity index is 399. The van der Waals surface area contributed by atoms with Gasteiger partial charge in [-0.15, -0.1) is 0 Å². The number of methoxy groups -OCH3 is 1. The maximum Gasteiger partial charge on any atom is 0.223 e. The van der Waals surface area contributed by atoms with Crippen molar-refractivity contribution >= 4 is 11.8 Å². The van der Waals surface area contributed by atoms with Gasteiger partial charge in [0, 0.05) is 45.6 Å². The number of carbonyl (C=O) groups excluding carboxylic acids is 2. The number of hydrogen-bond donors (Lipinski definition) is 2. The zero-order valence-electron chi connectivity index (χ0n) is 14.5. The second-order valence-electron chi connectivity index (χ2n) is 6.94. The SMILES string of the molecule is COCCNC(=O)[C@@H]1CCC[C@@H](NCC2CC2)CN(C)C(=O)C1. The number of nitrogens with one attached hydrogen (secondary N) is 2. The van der Waals surface area contributed by atoms with Crippen LogP contribution in [0, 0.1) is 11.8 Å². The lowest BCUT2D eigenvalue weighted by atomic mass is 9.96. The third-order valence-corrected chi connectivity index (χ3v) is 4.81. The van der Waals surface area contributed by atoms with Gasteiger partial charge in [-0.2, -0.15) is 0 Å². The lowest BCUT2D eigenvalue weighted by Crippen LogP contribution is -2.42. The third-order valence-electron chi connectivity index (χ3n) is 4.81. The van der Waals surface area contributed by atoms with Crippen molar-refractivity contribution in [1.82, 2.24) is 15.5 Å². The van der Waals surface area contributed by atoms with Crippen LogP contribution in [-0.4, -0.2) is 63.2 Å². The van der Waals surface area contributed by atoms with Gasteiger partial charge in [-0.3, -0.25) is 9.59 Å². The van der Waals surface area contributed by atoms with E-state index in [-0.39, 0.29) is 17.7 Å². The number of ether oxygens (including phenoxy) is 1. The Labute approximate surface area is 139 Å². The number of hydrogen-bond acceptors (Lipinski definition) is 4. The molecule has 1 heterocycles. The molecule has 23 heavy (non-hydrogen) atoms. The first-order valence-electron chi connectivity index (χ1n) is 8.84. The molecule has 1 saturated heterocycles. The van der Waals surface area contributed by atoms with Crippen LogP contribution in [0.2, 0.25) is 0 Å². The largest absolute Gasteiger partial charge is 0.383 e.